The van der Waals surface area contributed by atoms with Crippen LogP contribution < -0.4 is 0 Å². The van der Waals surface area contributed by atoms with Crippen molar-refractivity contribution in [2.45, 2.75) is 19.9 Å². The van der Waals surface area contributed by atoms with Crippen LogP contribution in [-0.2, 0) is 0 Å². The van der Waals surface area contributed by atoms with Gasteiger partial charge in [-0.15, -0.1) is 0 Å². The fourth-order valence-corrected chi connectivity index (χ4v) is 2.01. The lowest BCUT2D eigenvalue weighted by Crippen LogP contribution is -2.42. The summed E-state index contributed by atoms with van der Waals surface area (Å²) < 4.78 is 26.2. The van der Waals surface area contributed by atoms with E-state index in [9.17, 15) is 18.4 Å². The molecule has 0 aliphatic carbocycles. The van der Waals surface area contributed by atoms with E-state index in [2.05, 4.69) is 0 Å². The third-order valence-corrected chi connectivity index (χ3v) is 3.00. The zero-order chi connectivity index (χ0) is 14.3. The molecule has 0 aromatic heterocycles. The molecular formula is C13H10F2N2O2. The van der Waals surface area contributed by atoms with Crippen molar-refractivity contribution >= 4 is 11.8 Å². The average molecular weight is 264 g/mol. The lowest BCUT2D eigenvalue weighted by atomic mass is 10.0. The Labute approximate surface area is 108 Å². The van der Waals surface area contributed by atoms with Crippen LogP contribution in [0.4, 0.5) is 8.78 Å². The molecule has 1 aliphatic heterocycles. The van der Waals surface area contributed by atoms with Crippen LogP contribution in [0.15, 0.2) is 12.1 Å². The predicted octanol–water partition coefficient (Wildman–Crippen LogP) is 2.11. The van der Waals surface area contributed by atoms with Gasteiger partial charge in [0.25, 0.3) is 11.8 Å². The number of amides is 2. The Morgan fingerprint density at radius 3 is 1.84 bits per heavy atom. The second-order valence-corrected chi connectivity index (χ2v) is 4.61. The lowest BCUT2D eigenvalue weighted by Gasteiger charge is -2.22. The van der Waals surface area contributed by atoms with Crippen LogP contribution in [0.1, 0.15) is 34.6 Å². The molecule has 0 bridgehead atoms. The first kappa shape index (κ1) is 13.1. The third-order valence-electron chi connectivity index (χ3n) is 3.00. The summed E-state index contributed by atoms with van der Waals surface area (Å²) in [5.74, 6) is -4.19. The van der Waals surface area contributed by atoms with Crippen molar-refractivity contribution < 1.29 is 18.4 Å². The van der Waals surface area contributed by atoms with E-state index in [0.717, 1.165) is 4.90 Å². The Hall–Kier alpha value is -2.29. The van der Waals surface area contributed by atoms with Gasteiger partial charge in [0.1, 0.15) is 6.04 Å². The molecule has 1 aromatic carbocycles. The first-order chi connectivity index (χ1) is 8.88. The fourth-order valence-electron chi connectivity index (χ4n) is 2.01. The van der Waals surface area contributed by atoms with Gasteiger partial charge in [-0.05, 0) is 18.1 Å². The largest absolute Gasteiger partial charge is 0.269 e. The molecule has 0 saturated heterocycles. The molecule has 1 heterocycles. The molecule has 0 fully saturated rings. The molecule has 0 saturated carbocycles. The molecule has 1 atom stereocenters. The molecule has 0 N–H and O–H groups in total. The number of rotatable bonds is 2. The molecule has 1 unspecified atom stereocenters. The van der Waals surface area contributed by atoms with Crippen molar-refractivity contribution in [1.82, 2.24) is 4.90 Å². The zero-order valence-corrected chi connectivity index (χ0v) is 10.3. The maximum Gasteiger partial charge on any atom is 0.262 e. The van der Waals surface area contributed by atoms with Crippen molar-refractivity contribution in [3.8, 4) is 6.07 Å². The average Bonchev–Trinajstić information content (AvgIpc) is 2.56. The van der Waals surface area contributed by atoms with Gasteiger partial charge in [-0.1, -0.05) is 13.8 Å². The van der Waals surface area contributed by atoms with Gasteiger partial charge >= 0.3 is 0 Å². The molecule has 1 aromatic rings. The number of halogens is 2. The normalized spacial score (nSPS) is 15.7. The molecular weight excluding hydrogens is 254 g/mol. The van der Waals surface area contributed by atoms with Gasteiger partial charge < -0.3 is 0 Å². The molecule has 2 amide bonds. The van der Waals surface area contributed by atoms with Crippen molar-refractivity contribution in [1.29, 1.82) is 5.26 Å². The Bertz CT molecular complexity index is 579. The monoisotopic (exact) mass is 264 g/mol. The summed E-state index contributed by atoms with van der Waals surface area (Å²) in [7, 11) is 0. The standard InChI is InChI=1S/C13H10F2N2O2/c1-6(2)11(5-16)17-12(18)7-3-9(14)10(15)4-8(7)13(17)19/h3-4,6,11H,1-2H3. The number of imide groups is 1. The molecule has 98 valence electrons. The SMILES string of the molecule is CC(C)C(C#N)N1C(=O)c2cc(F)c(F)cc2C1=O. The van der Waals surface area contributed by atoms with E-state index in [0.29, 0.717) is 12.1 Å². The summed E-state index contributed by atoms with van der Waals surface area (Å²) in [4.78, 5) is 24.8. The number of hydrogen-bond donors (Lipinski definition) is 0. The van der Waals surface area contributed by atoms with Crippen LogP contribution in [0.2, 0.25) is 0 Å². The minimum atomic E-state index is -1.19. The highest BCUT2D eigenvalue weighted by atomic mass is 19.2. The first-order valence-corrected chi connectivity index (χ1v) is 5.65. The summed E-state index contributed by atoms with van der Waals surface area (Å²) >= 11 is 0. The second-order valence-electron chi connectivity index (χ2n) is 4.61. The van der Waals surface area contributed by atoms with Crippen LogP contribution in [0, 0.1) is 28.9 Å². The van der Waals surface area contributed by atoms with Crippen molar-refractivity contribution in [2.24, 2.45) is 5.92 Å². The minimum absolute atomic E-state index is 0.204. The van der Waals surface area contributed by atoms with Crippen LogP contribution in [0.25, 0.3) is 0 Å². The number of carbonyl (C=O) groups excluding carboxylic acids is 2. The van der Waals surface area contributed by atoms with Gasteiger partial charge in [-0.2, -0.15) is 5.26 Å². The number of carbonyl (C=O) groups is 2. The maximum absolute atomic E-state index is 13.1. The van der Waals surface area contributed by atoms with Crippen LogP contribution in [0.5, 0.6) is 0 Å². The number of fused-ring (bicyclic) bond motifs is 1. The maximum atomic E-state index is 13.1. The van der Waals surface area contributed by atoms with E-state index in [-0.39, 0.29) is 17.0 Å². The molecule has 6 heteroatoms. The zero-order valence-electron chi connectivity index (χ0n) is 10.3. The third kappa shape index (κ3) is 1.87. The van der Waals surface area contributed by atoms with Gasteiger partial charge in [0.15, 0.2) is 11.6 Å². The van der Waals surface area contributed by atoms with Crippen molar-refractivity contribution in [2.75, 3.05) is 0 Å². The van der Waals surface area contributed by atoms with Crippen molar-refractivity contribution in [3.63, 3.8) is 0 Å². The highest BCUT2D eigenvalue weighted by Gasteiger charge is 2.42. The lowest BCUT2D eigenvalue weighted by molar-refractivity contribution is 0.0588. The highest BCUT2D eigenvalue weighted by Crippen LogP contribution is 2.28. The van der Waals surface area contributed by atoms with E-state index in [1.165, 1.54) is 0 Å². The van der Waals surface area contributed by atoms with Crippen molar-refractivity contribution in [3.05, 3.63) is 34.9 Å². The fraction of sp³-hybridized carbons (Fsp3) is 0.308. The van der Waals surface area contributed by atoms with Gasteiger partial charge in [0.05, 0.1) is 17.2 Å². The smallest absolute Gasteiger partial charge is 0.262 e. The van der Waals surface area contributed by atoms with Crippen LogP contribution >= 0.6 is 0 Å². The molecule has 0 radical (unpaired) electrons. The number of benzene rings is 1. The number of nitrogens with zero attached hydrogens (tertiary/aromatic N) is 2. The number of nitriles is 1. The number of hydrogen-bond acceptors (Lipinski definition) is 3. The topological polar surface area (TPSA) is 61.2 Å². The summed E-state index contributed by atoms with van der Waals surface area (Å²) in [6.45, 7) is 3.36. The van der Waals surface area contributed by atoms with Gasteiger partial charge in [-0.25, -0.2) is 8.78 Å². The molecule has 1 aliphatic rings. The Morgan fingerprint density at radius 2 is 1.53 bits per heavy atom. The molecule has 4 nitrogen and oxygen atoms in total. The molecule has 19 heavy (non-hydrogen) atoms. The van der Waals surface area contributed by atoms with Gasteiger partial charge in [-0.3, -0.25) is 14.5 Å². The molecule has 2 rings (SSSR count). The quantitative estimate of drug-likeness (QED) is 0.768. The predicted molar refractivity (Wildman–Crippen MR) is 61.1 cm³/mol. The van der Waals surface area contributed by atoms with Crippen LogP contribution in [0.3, 0.4) is 0 Å². The summed E-state index contributed by atoms with van der Waals surface area (Å²) in [5, 5.41) is 9.04. The van der Waals surface area contributed by atoms with Gasteiger partial charge in [0, 0.05) is 0 Å². The van der Waals surface area contributed by atoms with E-state index in [4.69, 9.17) is 5.26 Å². The minimum Gasteiger partial charge on any atom is -0.269 e. The van der Waals surface area contributed by atoms with E-state index in [1.807, 2.05) is 6.07 Å². The molecule has 0 spiro atoms. The second kappa shape index (κ2) is 4.43. The summed E-state index contributed by atoms with van der Waals surface area (Å²) in [5.41, 5.74) is -0.408. The summed E-state index contributed by atoms with van der Waals surface area (Å²) in [6, 6.07) is 2.29. The Morgan fingerprint density at radius 1 is 1.11 bits per heavy atom. The Kier molecular flexibility index (Phi) is 3.06. The van der Waals surface area contributed by atoms with Gasteiger partial charge in [0.2, 0.25) is 0 Å². The van der Waals surface area contributed by atoms with E-state index in [1.54, 1.807) is 13.8 Å². The highest BCUT2D eigenvalue weighted by molar-refractivity contribution is 6.21. The van der Waals surface area contributed by atoms with E-state index < -0.39 is 29.5 Å². The van der Waals surface area contributed by atoms with E-state index >= 15 is 0 Å². The Balaban J connectivity index is 2.54. The van der Waals surface area contributed by atoms with Crippen LogP contribution in [-0.4, -0.2) is 22.8 Å². The summed E-state index contributed by atoms with van der Waals surface area (Å²) in [6.07, 6.45) is 0. The first-order valence-electron chi connectivity index (χ1n) is 5.65.